The summed E-state index contributed by atoms with van der Waals surface area (Å²) in [5, 5.41) is 11.2. The van der Waals surface area contributed by atoms with Crippen molar-refractivity contribution in [3.8, 4) is 0 Å². The van der Waals surface area contributed by atoms with Gasteiger partial charge in [0.15, 0.2) is 0 Å². The Balaban J connectivity index is 2.24. The van der Waals surface area contributed by atoms with Gasteiger partial charge < -0.3 is 10.0 Å². The number of hydrogen-bond acceptors (Lipinski definition) is 2. The number of hydrogen-bond donors (Lipinski definition) is 1. The van der Waals surface area contributed by atoms with Crippen LogP contribution in [0.2, 0.25) is 0 Å². The van der Waals surface area contributed by atoms with Crippen LogP contribution in [0, 0.1) is 0 Å². The minimum atomic E-state index is -0.813. The van der Waals surface area contributed by atoms with E-state index in [2.05, 4.69) is 17.0 Å². The second-order valence-electron chi connectivity index (χ2n) is 5.61. The Morgan fingerprint density at radius 1 is 0.900 bits per heavy atom. The molecule has 0 amide bonds. The lowest BCUT2D eigenvalue weighted by Gasteiger charge is -2.30. The summed E-state index contributed by atoms with van der Waals surface area (Å²) >= 11 is 0. The highest BCUT2D eigenvalue weighted by Crippen LogP contribution is 2.29. The maximum Gasteiger partial charge on any atom is 0.0948 e. The number of rotatable bonds is 6. The molecule has 0 aromatic heterocycles. The van der Waals surface area contributed by atoms with Crippen LogP contribution in [-0.2, 0) is 12.0 Å². The summed E-state index contributed by atoms with van der Waals surface area (Å²) in [5.41, 5.74) is 1.34. The standard InChI is InChI=1S/C18H23NO/c1-19(2)14-13-18(20,17-11-7-4-8-12-17)15-16-9-5-3-6-10-16/h3-12,20H,13-15H2,1-2H3/t18-/m0/s1. The molecule has 0 aliphatic carbocycles. The van der Waals surface area contributed by atoms with Crippen molar-refractivity contribution in [2.45, 2.75) is 18.4 Å². The molecule has 1 N–H and O–H groups in total. The van der Waals surface area contributed by atoms with Gasteiger partial charge in [-0.2, -0.15) is 0 Å². The zero-order chi connectivity index (χ0) is 14.4. The lowest BCUT2D eigenvalue weighted by Crippen LogP contribution is -2.32. The van der Waals surface area contributed by atoms with Crippen molar-refractivity contribution in [2.75, 3.05) is 20.6 Å². The molecule has 0 aliphatic rings. The van der Waals surface area contributed by atoms with Crippen molar-refractivity contribution in [1.29, 1.82) is 0 Å². The van der Waals surface area contributed by atoms with Crippen molar-refractivity contribution >= 4 is 0 Å². The molecule has 0 aliphatic heterocycles. The highest BCUT2D eigenvalue weighted by Gasteiger charge is 2.29. The molecule has 2 nitrogen and oxygen atoms in total. The zero-order valence-corrected chi connectivity index (χ0v) is 12.3. The minimum Gasteiger partial charge on any atom is -0.385 e. The van der Waals surface area contributed by atoms with Crippen LogP contribution in [0.1, 0.15) is 17.5 Å². The molecule has 2 aromatic carbocycles. The van der Waals surface area contributed by atoms with Crippen LogP contribution in [0.25, 0.3) is 0 Å². The summed E-state index contributed by atoms with van der Waals surface area (Å²) in [4.78, 5) is 2.11. The molecule has 2 rings (SSSR count). The Bertz CT molecular complexity index is 509. The average Bonchev–Trinajstić information content (AvgIpc) is 2.47. The molecule has 0 spiro atoms. The van der Waals surface area contributed by atoms with Crippen molar-refractivity contribution in [3.63, 3.8) is 0 Å². The van der Waals surface area contributed by atoms with Crippen molar-refractivity contribution in [3.05, 3.63) is 71.8 Å². The van der Waals surface area contributed by atoms with E-state index >= 15 is 0 Å². The van der Waals surface area contributed by atoms with Crippen molar-refractivity contribution in [2.24, 2.45) is 0 Å². The zero-order valence-electron chi connectivity index (χ0n) is 12.3. The van der Waals surface area contributed by atoms with E-state index in [1.807, 2.05) is 62.6 Å². The fourth-order valence-electron chi connectivity index (χ4n) is 2.43. The second-order valence-corrected chi connectivity index (χ2v) is 5.61. The van der Waals surface area contributed by atoms with Crippen LogP contribution in [-0.4, -0.2) is 30.6 Å². The number of aliphatic hydroxyl groups is 1. The molecule has 106 valence electrons. The quantitative estimate of drug-likeness (QED) is 0.871. The highest BCUT2D eigenvalue weighted by molar-refractivity contribution is 5.26. The maximum absolute atomic E-state index is 11.2. The normalized spacial score (nSPS) is 14.2. The molecule has 20 heavy (non-hydrogen) atoms. The molecule has 2 heteroatoms. The summed E-state index contributed by atoms with van der Waals surface area (Å²) in [6.45, 7) is 0.859. The van der Waals surface area contributed by atoms with E-state index in [0.717, 1.165) is 24.1 Å². The van der Waals surface area contributed by atoms with E-state index in [-0.39, 0.29) is 0 Å². The summed E-state index contributed by atoms with van der Waals surface area (Å²) in [7, 11) is 4.07. The van der Waals surface area contributed by atoms with Crippen LogP contribution >= 0.6 is 0 Å². The van der Waals surface area contributed by atoms with Crippen LogP contribution in [0.3, 0.4) is 0 Å². The van der Waals surface area contributed by atoms with E-state index in [1.54, 1.807) is 0 Å². The van der Waals surface area contributed by atoms with Gasteiger partial charge in [-0.3, -0.25) is 0 Å². The summed E-state index contributed by atoms with van der Waals surface area (Å²) < 4.78 is 0. The Kier molecular flexibility index (Phi) is 4.94. The topological polar surface area (TPSA) is 23.5 Å². The van der Waals surface area contributed by atoms with Crippen molar-refractivity contribution in [1.82, 2.24) is 4.90 Å². The smallest absolute Gasteiger partial charge is 0.0948 e. The summed E-state index contributed by atoms with van der Waals surface area (Å²) in [6.07, 6.45) is 1.37. The van der Waals surface area contributed by atoms with Gasteiger partial charge in [0.05, 0.1) is 5.60 Å². The van der Waals surface area contributed by atoms with Gasteiger partial charge in [0.2, 0.25) is 0 Å². The van der Waals surface area contributed by atoms with E-state index in [1.165, 1.54) is 0 Å². The molecular weight excluding hydrogens is 246 g/mol. The summed E-state index contributed by atoms with van der Waals surface area (Å²) in [6, 6.07) is 20.2. The Labute approximate surface area is 121 Å². The lowest BCUT2D eigenvalue weighted by molar-refractivity contribution is 0.0212. The fourth-order valence-corrected chi connectivity index (χ4v) is 2.43. The van der Waals surface area contributed by atoms with Gasteiger partial charge >= 0.3 is 0 Å². The predicted octanol–water partition coefficient (Wildman–Crippen LogP) is 3.07. The predicted molar refractivity (Wildman–Crippen MR) is 83.7 cm³/mol. The average molecular weight is 269 g/mol. The van der Waals surface area contributed by atoms with E-state index in [0.29, 0.717) is 6.42 Å². The van der Waals surface area contributed by atoms with E-state index < -0.39 is 5.60 Å². The molecular formula is C18H23NO. The van der Waals surface area contributed by atoms with Crippen molar-refractivity contribution < 1.29 is 5.11 Å². The fraction of sp³-hybridized carbons (Fsp3) is 0.333. The SMILES string of the molecule is CN(C)CC[C@](O)(Cc1ccccc1)c1ccccc1. The molecule has 2 aromatic rings. The van der Waals surface area contributed by atoms with Crippen LogP contribution in [0.4, 0.5) is 0 Å². The Morgan fingerprint density at radius 3 is 2.00 bits per heavy atom. The Morgan fingerprint density at radius 2 is 1.45 bits per heavy atom. The third-order valence-corrected chi connectivity index (χ3v) is 3.62. The molecule has 0 fully saturated rings. The van der Waals surface area contributed by atoms with Gasteiger partial charge in [0, 0.05) is 13.0 Å². The molecule has 0 heterocycles. The third-order valence-electron chi connectivity index (χ3n) is 3.62. The van der Waals surface area contributed by atoms with Gasteiger partial charge in [0.1, 0.15) is 0 Å². The van der Waals surface area contributed by atoms with Gasteiger partial charge in [-0.25, -0.2) is 0 Å². The van der Waals surface area contributed by atoms with Gasteiger partial charge in [-0.15, -0.1) is 0 Å². The minimum absolute atomic E-state index is 0.645. The highest BCUT2D eigenvalue weighted by atomic mass is 16.3. The van der Waals surface area contributed by atoms with Crippen LogP contribution in [0.5, 0.6) is 0 Å². The van der Waals surface area contributed by atoms with Crippen LogP contribution in [0.15, 0.2) is 60.7 Å². The summed E-state index contributed by atoms with van der Waals surface area (Å²) in [5.74, 6) is 0. The lowest BCUT2D eigenvalue weighted by atomic mass is 9.84. The number of benzene rings is 2. The molecule has 1 atom stereocenters. The van der Waals surface area contributed by atoms with Gasteiger partial charge in [-0.05, 0) is 31.6 Å². The van der Waals surface area contributed by atoms with E-state index in [9.17, 15) is 5.11 Å². The van der Waals surface area contributed by atoms with Crippen LogP contribution < -0.4 is 0 Å². The van der Waals surface area contributed by atoms with Gasteiger partial charge in [-0.1, -0.05) is 60.7 Å². The monoisotopic (exact) mass is 269 g/mol. The first-order valence-electron chi connectivity index (χ1n) is 7.07. The number of nitrogens with zero attached hydrogens (tertiary/aromatic N) is 1. The molecule has 0 unspecified atom stereocenters. The van der Waals surface area contributed by atoms with Gasteiger partial charge in [0.25, 0.3) is 0 Å². The Hall–Kier alpha value is -1.64. The molecule has 0 bridgehead atoms. The molecule has 0 radical (unpaired) electrons. The maximum atomic E-state index is 11.2. The third kappa shape index (κ3) is 3.92. The molecule has 0 saturated heterocycles. The first-order valence-corrected chi connectivity index (χ1v) is 7.07. The molecule has 0 saturated carbocycles. The first-order chi connectivity index (χ1) is 9.60. The van der Waals surface area contributed by atoms with E-state index in [4.69, 9.17) is 0 Å². The first kappa shape index (κ1) is 14.8. The second kappa shape index (κ2) is 6.69. The largest absolute Gasteiger partial charge is 0.385 e.